The number of phenols is 1. The summed E-state index contributed by atoms with van der Waals surface area (Å²) < 4.78 is 12.9. The standard InChI is InChI=1S/C12H15FN4O/c1-7-6-17(12(14)15-2)16-11(7)9-4-3-8(13)5-10(9)18/h3-5,7,18H,6H2,1-2H3,(H2,14,15)/t7-/m0/s1. The Hall–Kier alpha value is -2.11. The summed E-state index contributed by atoms with van der Waals surface area (Å²) in [5.74, 6) is -0.191. The zero-order chi connectivity index (χ0) is 13.3. The number of phenolic OH excluding ortho intramolecular Hbond substituents is 1. The van der Waals surface area contributed by atoms with E-state index in [9.17, 15) is 9.50 Å². The van der Waals surface area contributed by atoms with E-state index in [0.29, 0.717) is 23.8 Å². The molecule has 0 amide bonds. The first-order chi connectivity index (χ1) is 8.52. The van der Waals surface area contributed by atoms with Crippen LogP contribution in [0.4, 0.5) is 4.39 Å². The number of hydrogen-bond donors (Lipinski definition) is 2. The maximum atomic E-state index is 12.9. The summed E-state index contributed by atoms with van der Waals surface area (Å²) in [6, 6.07) is 3.89. The third-order valence-electron chi connectivity index (χ3n) is 2.87. The Morgan fingerprint density at radius 2 is 2.33 bits per heavy atom. The van der Waals surface area contributed by atoms with Crippen LogP contribution in [0.5, 0.6) is 5.75 Å². The van der Waals surface area contributed by atoms with Gasteiger partial charge in [0.2, 0.25) is 5.96 Å². The van der Waals surface area contributed by atoms with Crippen LogP contribution in [0.25, 0.3) is 0 Å². The molecular weight excluding hydrogens is 235 g/mol. The zero-order valence-corrected chi connectivity index (χ0v) is 10.3. The van der Waals surface area contributed by atoms with E-state index in [0.717, 1.165) is 6.07 Å². The molecule has 1 aliphatic rings. The van der Waals surface area contributed by atoms with Gasteiger partial charge in [-0.1, -0.05) is 6.92 Å². The minimum Gasteiger partial charge on any atom is -0.507 e. The Morgan fingerprint density at radius 3 is 2.94 bits per heavy atom. The topological polar surface area (TPSA) is 74.2 Å². The van der Waals surface area contributed by atoms with Crippen LogP contribution in [0.15, 0.2) is 28.3 Å². The number of aromatic hydroxyl groups is 1. The average molecular weight is 250 g/mol. The fourth-order valence-electron chi connectivity index (χ4n) is 1.92. The van der Waals surface area contributed by atoms with Gasteiger partial charge in [0.1, 0.15) is 11.6 Å². The quantitative estimate of drug-likeness (QED) is 0.579. The van der Waals surface area contributed by atoms with Crippen molar-refractivity contribution in [3.63, 3.8) is 0 Å². The fourth-order valence-corrected chi connectivity index (χ4v) is 1.92. The van der Waals surface area contributed by atoms with Crippen LogP contribution >= 0.6 is 0 Å². The Kier molecular flexibility index (Phi) is 3.18. The van der Waals surface area contributed by atoms with Crippen molar-refractivity contribution in [2.75, 3.05) is 13.6 Å². The summed E-state index contributed by atoms with van der Waals surface area (Å²) in [7, 11) is 1.59. The molecular formula is C12H15FN4O. The second-order valence-electron chi connectivity index (χ2n) is 4.21. The summed E-state index contributed by atoms with van der Waals surface area (Å²) >= 11 is 0. The molecule has 1 aromatic carbocycles. The van der Waals surface area contributed by atoms with Gasteiger partial charge in [-0.2, -0.15) is 5.10 Å². The normalized spacial score (nSPS) is 20.2. The second kappa shape index (κ2) is 4.64. The molecule has 0 radical (unpaired) electrons. The molecule has 0 unspecified atom stereocenters. The van der Waals surface area contributed by atoms with Crippen LogP contribution < -0.4 is 5.73 Å². The highest BCUT2D eigenvalue weighted by molar-refractivity contribution is 6.06. The van der Waals surface area contributed by atoms with Crippen LogP contribution in [-0.4, -0.2) is 35.4 Å². The monoisotopic (exact) mass is 250 g/mol. The molecule has 0 spiro atoms. The van der Waals surface area contributed by atoms with E-state index < -0.39 is 5.82 Å². The molecule has 0 saturated heterocycles. The minimum atomic E-state index is -0.478. The first-order valence-electron chi connectivity index (χ1n) is 5.60. The number of nitrogens with two attached hydrogens (primary N) is 1. The van der Waals surface area contributed by atoms with E-state index in [2.05, 4.69) is 10.1 Å². The van der Waals surface area contributed by atoms with Crippen molar-refractivity contribution in [2.45, 2.75) is 6.92 Å². The van der Waals surface area contributed by atoms with Crippen LogP contribution in [-0.2, 0) is 0 Å². The van der Waals surface area contributed by atoms with E-state index in [-0.39, 0.29) is 11.7 Å². The van der Waals surface area contributed by atoms with E-state index in [1.807, 2.05) is 6.92 Å². The fraction of sp³-hybridized carbons (Fsp3) is 0.333. The second-order valence-corrected chi connectivity index (χ2v) is 4.21. The van der Waals surface area contributed by atoms with Gasteiger partial charge in [-0.15, -0.1) is 0 Å². The molecule has 0 fully saturated rings. The Labute approximate surface area is 104 Å². The molecule has 1 aliphatic heterocycles. The molecule has 1 heterocycles. The van der Waals surface area contributed by atoms with Gasteiger partial charge in [-0.25, -0.2) is 9.40 Å². The lowest BCUT2D eigenvalue weighted by atomic mass is 9.98. The summed E-state index contributed by atoms with van der Waals surface area (Å²) in [5, 5.41) is 15.6. The highest BCUT2D eigenvalue weighted by atomic mass is 19.1. The van der Waals surface area contributed by atoms with Gasteiger partial charge in [-0.05, 0) is 12.1 Å². The molecule has 6 heteroatoms. The number of halogens is 1. The maximum absolute atomic E-state index is 12.9. The van der Waals surface area contributed by atoms with Crippen LogP contribution in [0, 0.1) is 11.7 Å². The van der Waals surface area contributed by atoms with Crippen molar-refractivity contribution in [3.05, 3.63) is 29.6 Å². The molecule has 0 bridgehead atoms. The molecule has 1 atom stereocenters. The minimum absolute atomic E-state index is 0.0849. The van der Waals surface area contributed by atoms with E-state index in [4.69, 9.17) is 5.73 Å². The molecule has 96 valence electrons. The van der Waals surface area contributed by atoms with E-state index in [1.54, 1.807) is 12.1 Å². The number of hydrazone groups is 1. The number of nitrogens with zero attached hydrogens (tertiary/aromatic N) is 3. The van der Waals surface area contributed by atoms with Crippen LogP contribution in [0.2, 0.25) is 0 Å². The van der Waals surface area contributed by atoms with Crippen molar-refractivity contribution in [3.8, 4) is 5.75 Å². The highest BCUT2D eigenvalue weighted by Gasteiger charge is 2.27. The maximum Gasteiger partial charge on any atom is 0.211 e. The van der Waals surface area contributed by atoms with Crippen molar-refractivity contribution >= 4 is 11.7 Å². The zero-order valence-electron chi connectivity index (χ0n) is 10.3. The summed E-state index contributed by atoms with van der Waals surface area (Å²) in [6.07, 6.45) is 0. The Morgan fingerprint density at radius 1 is 1.61 bits per heavy atom. The Balaban J connectivity index is 2.38. The van der Waals surface area contributed by atoms with Gasteiger partial charge in [0.25, 0.3) is 0 Å². The molecule has 1 aromatic rings. The first kappa shape index (κ1) is 12.3. The van der Waals surface area contributed by atoms with Crippen molar-refractivity contribution in [1.29, 1.82) is 0 Å². The van der Waals surface area contributed by atoms with Gasteiger partial charge >= 0.3 is 0 Å². The molecule has 18 heavy (non-hydrogen) atoms. The SMILES string of the molecule is CN=C(N)N1C[C@H](C)C(c2ccc(F)cc2O)=N1. The smallest absolute Gasteiger partial charge is 0.211 e. The van der Waals surface area contributed by atoms with Gasteiger partial charge < -0.3 is 10.8 Å². The van der Waals surface area contributed by atoms with Crippen molar-refractivity contribution in [1.82, 2.24) is 5.01 Å². The average Bonchev–Trinajstić information content (AvgIpc) is 2.70. The lowest BCUT2D eigenvalue weighted by Gasteiger charge is -2.11. The number of rotatable bonds is 1. The van der Waals surface area contributed by atoms with Gasteiger partial charge in [0.05, 0.1) is 12.3 Å². The lowest BCUT2D eigenvalue weighted by molar-refractivity contribution is 0.450. The molecule has 2 rings (SSSR count). The summed E-state index contributed by atoms with van der Waals surface area (Å²) in [4.78, 5) is 3.86. The predicted molar refractivity (Wildman–Crippen MR) is 68.0 cm³/mol. The lowest BCUT2D eigenvalue weighted by Crippen LogP contribution is -2.32. The number of aliphatic imine (C=N–C) groups is 1. The summed E-state index contributed by atoms with van der Waals surface area (Å²) in [5.41, 5.74) is 6.89. The van der Waals surface area contributed by atoms with Gasteiger partial charge in [-0.3, -0.25) is 4.99 Å². The number of benzene rings is 1. The highest BCUT2D eigenvalue weighted by Crippen LogP contribution is 2.26. The Bertz CT molecular complexity index is 527. The first-order valence-corrected chi connectivity index (χ1v) is 5.60. The molecule has 0 aliphatic carbocycles. The van der Waals surface area contributed by atoms with Gasteiger partial charge in [0, 0.05) is 24.6 Å². The third kappa shape index (κ3) is 2.13. The van der Waals surface area contributed by atoms with Crippen molar-refractivity contribution < 1.29 is 9.50 Å². The number of guanidine groups is 1. The van der Waals surface area contributed by atoms with Crippen molar-refractivity contribution in [2.24, 2.45) is 21.7 Å². The largest absolute Gasteiger partial charge is 0.507 e. The molecule has 0 aromatic heterocycles. The molecule has 5 nitrogen and oxygen atoms in total. The number of hydrogen-bond acceptors (Lipinski definition) is 3. The molecule has 0 saturated carbocycles. The predicted octanol–water partition coefficient (Wildman–Crippen LogP) is 1.13. The van der Waals surface area contributed by atoms with Crippen LogP contribution in [0.1, 0.15) is 12.5 Å². The molecule has 3 N–H and O–H groups in total. The van der Waals surface area contributed by atoms with Gasteiger partial charge in [0.15, 0.2) is 0 Å². The summed E-state index contributed by atoms with van der Waals surface area (Å²) in [6.45, 7) is 2.56. The van der Waals surface area contributed by atoms with E-state index in [1.165, 1.54) is 12.1 Å². The van der Waals surface area contributed by atoms with E-state index >= 15 is 0 Å². The van der Waals surface area contributed by atoms with Crippen LogP contribution in [0.3, 0.4) is 0 Å². The third-order valence-corrected chi connectivity index (χ3v) is 2.87.